The summed E-state index contributed by atoms with van der Waals surface area (Å²) in [6.07, 6.45) is 3.46. The summed E-state index contributed by atoms with van der Waals surface area (Å²) in [5.41, 5.74) is 8.25. The second kappa shape index (κ2) is 3.75. The molecule has 0 atom stereocenters. The Kier molecular flexibility index (Phi) is 2.23. The standard InChI is InChI=1S/C12H9ClN4/c13-17-7-9(8-3-1-2-4-11(8)17)10-5-6-15-12(14)16-10/h1-7H,(H2,14,15,16). The van der Waals surface area contributed by atoms with Crippen LogP contribution in [0.2, 0.25) is 0 Å². The molecule has 0 aliphatic heterocycles. The molecule has 0 aliphatic carbocycles. The van der Waals surface area contributed by atoms with E-state index in [9.17, 15) is 0 Å². The number of nitrogens with two attached hydrogens (primary N) is 1. The fraction of sp³-hybridized carbons (Fsp3) is 0. The van der Waals surface area contributed by atoms with Gasteiger partial charge in [-0.1, -0.05) is 18.2 Å². The van der Waals surface area contributed by atoms with Crippen LogP contribution in [0.3, 0.4) is 0 Å². The summed E-state index contributed by atoms with van der Waals surface area (Å²) >= 11 is 6.11. The Hall–Kier alpha value is -2.07. The number of hydrogen-bond donors (Lipinski definition) is 1. The van der Waals surface area contributed by atoms with Crippen molar-refractivity contribution in [2.75, 3.05) is 5.73 Å². The number of benzene rings is 1. The van der Waals surface area contributed by atoms with Gasteiger partial charge in [-0.25, -0.2) is 9.97 Å². The molecule has 17 heavy (non-hydrogen) atoms. The van der Waals surface area contributed by atoms with E-state index >= 15 is 0 Å². The lowest BCUT2D eigenvalue weighted by Crippen LogP contribution is -1.94. The molecule has 0 aliphatic rings. The van der Waals surface area contributed by atoms with Crippen molar-refractivity contribution in [3.05, 3.63) is 42.7 Å². The van der Waals surface area contributed by atoms with E-state index in [-0.39, 0.29) is 5.95 Å². The summed E-state index contributed by atoms with van der Waals surface area (Å²) in [7, 11) is 0. The number of rotatable bonds is 1. The third-order valence-corrected chi connectivity index (χ3v) is 2.90. The lowest BCUT2D eigenvalue weighted by molar-refractivity contribution is 1.19. The van der Waals surface area contributed by atoms with Gasteiger partial charge in [-0.05, 0) is 12.1 Å². The Labute approximate surface area is 103 Å². The summed E-state index contributed by atoms with van der Waals surface area (Å²) in [5, 5.41) is 1.04. The van der Waals surface area contributed by atoms with Crippen LogP contribution < -0.4 is 5.73 Å². The molecule has 0 saturated carbocycles. The summed E-state index contributed by atoms with van der Waals surface area (Å²) in [5.74, 6) is 0.258. The molecule has 0 bridgehead atoms. The second-order valence-corrected chi connectivity index (χ2v) is 4.04. The monoisotopic (exact) mass is 244 g/mol. The normalized spacial score (nSPS) is 10.9. The largest absolute Gasteiger partial charge is 0.368 e. The van der Waals surface area contributed by atoms with Crippen molar-refractivity contribution in [2.45, 2.75) is 0 Å². The molecule has 0 radical (unpaired) electrons. The molecule has 5 heteroatoms. The van der Waals surface area contributed by atoms with Gasteiger partial charge in [0.05, 0.1) is 11.2 Å². The van der Waals surface area contributed by atoms with E-state index in [1.54, 1.807) is 10.3 Å². The van der Waals surface area contributed by atoms with E-state index < -0.39 is 0 Å². The topological polar surface area (TPSA) is 56.7 Å². The van der Waals surface area contributed by atoms with Crippen molar-refractivity contribution in [1.82, 2.24) is 14.1 Å². The maximum atomic E-state index is 6.11. The number of hydrogen-bond acceptors (Lipinski definition) is 3. The highest BCUT2D eigenvalue weighted by Crippen LogP contribution is 2.29. The second-order valence-electron chi connectivity index (χ2n) is 3.67. The first-order valence-corrected chi connectivity index (χ1v) is 5.44. The van der Waals surface area contributed by atoms with Crippen molar-refractivity contribution in [2.24, 2.45) is 0 Å². The van der Waals surface area contributed by atoms with E-state index in [1.165, 1.54) is 0 Å². The van der Waals surface area contributed by atoms with Crippen LogP contribution in [0.15, 0.2) is 42.7 Å². The highest BCUT2D eigenvalue weighted by atomic mass is 35.5. The summed E-state index contributed by atoms with van der Waals surface area (Å²) < 4.78 is 1.56. The molecule has 2 N–H and O–H groups in total. The predicted octanol–water partition coefficient (Wildman–Crippen LogP) is 2.68. The van der Waals surface area contributed by atoms with Crippen LogP contribution in [0.1, 0.15) is 0 Å². The third-order valence-electron chi connectivity index (χ3n) is 2.62. The fourth-order valence-electron chi connectivity index (χ4n) is 1.87. The average molecular weight is 245 g/mol. The molecule has 1 aromatic carbocycles. The minimum absolute atomic E-state index is 0.258. The first-order chi connectivity index (χ1) is 8.25. The number of nitrogen functional groups attached to an aromatic ring is 1. The van der Waals surface area contributed by atoms with Gasteiger partial charge in [-0.15, -0.1) is 0 Å². The number of aromatic nitrogens is 3. The number of fused-ring (bicyclic) bond motifs is 1. The zero-order valence-corrected chi connectivity index (χ0v) is 9.59. The molecule has 3 aromatic rings. The lowest BCUT2D eigenvalue weighted by Gasteiger charge is -1.98. The SMILES string of the molecule is Nc1nccc(-c2cn(Cl)c3ccccc23)n1. The summed E-state index contributed by atoms with van der Waals surface area (Å²) in [6.45, 7) is 0. The Morgan fingerprint density at radius 1 is 1.18 bits per heavy atom. The highest BCUT2D eigenvalue weighted by Gasteiger charge is 2.10. The maximum absolute atomic E-state index is 6.11. The van der Waals surface area contributed by atoms with E-state index in [2.05, 4.69) is 9.97 Å². The summed E-state index contributed by atoms with van der Waals surface area (Å²) in [4.78, 5) is 8.08. The van der Waals surface area contributed by atoms with E-state index in [1.807, 2.05) is 36.5 Å². The number of para-hydroxylation sites is 1. The highest BCUT2D eigenvalue weighted by molar-refractivity contribution is 6.20. The number of nitrogens with zero attached hydrogens (tertiary/aromatic N) is 3. The van der Waals surface area contributed by atoms with Gasteiger partial charge in [-0.2, -0.15) is 0 Å². The van der Waals surface area contributed by atoms with Gasteiger partial charge < -0.3 is 5.73 Å². The van der Waals surface area contributed by atoms with Crippen LogP contribution in [0.25, 0.3) is 22.2 Å². The zero-order valence-electron chi connectivity index (χ0n) is 8.84. The van der Waals surface area contributed by atoms with Gasteiger partial charge in [0.1, 0.15) is 0 Å². The van der Waals surface area contributed by atoms with Gasteiger partial charge in [-0.3, -0.25) is 4.09 Å². The van der Waals surface area contributed by atoms with Crippen LogP contribution in [0.4, 0.5) is 5.95 Å². The zero-order chi connectivity index (χ0) is 11.8. The Balaban J connectivity index is 2.31. The first kappa shape index (κ1) is 10.1. The smallest absolute Gasteiger partial charge is 0.220 e. The minimum Gasteiger partial charge on any atom is -0.368 e. The molecule has 0 spiro atoms. The molecule has 0 saturated heterocycles. The third kappa shape index (κ3) is 1.62. The average Bonchev–Trinajstić information content (AvgIpc) is 2.68. The molecular weight excluding hydrogens is 236 g/mol. The van der Waals surface area contributed by atoms with Gasteiger partial charge in [0, 0.05) is 35.1 Å². The van der Waals surface area contributed by atoms with E-state index in [0.29, 0.717) is 0 Å². The molecule has 4 nitrogen and oxygen atoms in total. The Morgan fingerprint density at radius 3 is 2.82 bits per heavy atom. The van der Waals surface area contributed by atoms with Crippen LogP contribution in [0, 0.1) is 0 Å². The van der Waals surface area contributed by atoms with Gasteiger partial charge in [0.25, 0.3) is 0 Å². The minimum atomic E-state index is 0.258. The Morgan fingerprint density at radius 2 is 2.00 bits per heavy atom. The maximum Gasteiger partial charge on any atom is 0.220 e. The van der Waals surface area contributed by atoms with Crippen molar-refractivity contribution >= 4 is 28.6 Å². The quantitative estimate of drug-likeness (QED) is 0.716. The van der Waals surface area contributed by atoms with Gasteiger partial charge >= 0.3 is 0 Å². The molecule has 0 unspecified atom stereocenters. The van der Waals surface area contributed by atoms with Crippen LogP contribution in [0.5, 0.6) is 0 Å². The molecule has 2 aromatic heterocycles. The van der Waals surface area contributed by atoms with E-state index in [0.717, 1.165) is 22.2 Å². The molecule has 0 fully saturated rings. The molecule has 0 amide bonds. The number of anilines is 1. The van der Waals surface area contributed by atoms with E-state index in [4.69, 9.17) is 17.5 Å². The van der Waals surface area contributed by atoms with Crippen LogP contribution >= 0.6 is 11.8 Å². The van der Waals surface area contributed by atoms with Crippen molar-refractivity contribution in [3.8, 4) is 11.3 Å². The van der Waals surface area contributed by atoms with Crippen LogP contribution in [-0.4, -0.2) is 14.1 Å². The lowest BCUT2D eigenvalue weighted by atomic mass is 10.1. The molecule has 3 rings (SSSR count). The van der Waals surface area contributed by atoms with Crippen molar-refractivity contribution in [1.29, 1.82) is 0 Å². The summed E-state index contributed by atoms with van der Waals surface area (Å²) in [6, 6.07) is 9.68. The van der Waals surface area contributed by atoms with Gasteiger partial charge in [0.15, 0.2) is 0 Å². The number of halogens is 1. The Bertz CT molecular complexity index is 690. The van der Waals surface area contributed by atoms with Gasteiger partial charge in [0.2, 0.25) is 5.95 Å². The van der Waals surface area contributed by atoms with Crippen molar-refractivity contribution in [3.63, 3.8) is 0 Å². The van der Waals surface area contributed by atoms with Crippen molar-refractivity contribution < 1.29 is 0 Å². The predicted molar refractivity (Wildman–Crippen MR) is 68.6 cm³/mol. The molecule has 84 valence electrons. The fourth-order valence-corrected chi connectivity index (χ4v) is 2.11. The molecule has 2 heterocycles. The van der Waals surface area contributed by atoms with Crippen LogP contribution in [-0.2, 0) is 0 Å². The molecular formula is C12H9ClN4. The first-order valence-electron chi connectivity index (χ1n) is 5.11.